The maximum Gasteiger partial charge on any atom is 0.234 e. The summed E-state index contributed by atoms with van der Waals surface area (Å²) in [7, 11) is 3.79. The second-order valence-electron chi connectivity index (χ2n) is 8.79. The Morgan fingerprint density at radius 1 is 1.29 bits per heavy atom. The van der Waals surface area contributed by atoms with E-state index in [4.69, 9.17) is 4.74 Å². The first-order chi connectivity index (χ1) is 16.9. The molecule has 1 heterocycles. The summed E-state index contributed by atoms with van der Waals surface area (Å²) in [5, 5.41) is 13.6. The highest BCUT2D eigenvalue weighted by molar-refractivity contribution is 7.18. The quantitative estimate of drug-likeness (QED) is 0.451. The molecule has 1 amide bonds. The molecule has 0 radical (unpaired) electrons. The fourth-order valence-corrected chi connectivity index (χ4v) is 5.17. The minimum Gasteiger partial charge on any atom is -0.490 e. The molecule has 0 saturated carbocycles. The molecule has 0 saturated heterocycles. The maximum absolute atomic E-state index is 12.3. The number of hydrogen-bond acceptors (Lipinski definition) is 6. The van der Waals surface area contributed by atoms with Crippen LogP contribution in [0.2, 0.25) is 0 Å². The first-order valence-corrected chi connectivity index (χ1v) is 12.9. The Morgan fingerprint density at radius 3 is 2.74 bits per heavy atom. The molecule has 1 unspecified atom stereocenters. The van der Waals surface area contributed by atoms with Crippen LogP contribution in [0.1, 0.15) is 56.8 Å². The Labute approximate surface area is 212 Å². The van der Waals surface area contributed by atoms with E-state index < -0.39 is 0 Å². The van der Waals surface area contributed by atoms with Gasteiger partial charge < -0.3 is 15.0 Å². The SMILES string of the molecule is CC.CC(C)Oc1ccc(-c2ncc(-c3cccc4c3CCC4NC(=O)CN(C)C)s2)cc1C#N. The van der Waals surface area contributed by atoms with Gasteiger partial charge in [-0.1, -0.05) is 32.0 Å². The van der Waals surface area contributed by atoms with Crippen molar-refractivity contribution in [1.82, 2.24) is 15.2 Å². The molecule has 1 aliphatic rings. The van der Waals surface area contributed by atoms with Crippen molar-refractivity contribution in [2.75, 3.05) is 20.6 Å². The van der Waals surface area contributed by atoms with E-state index in [1.165, 1.54) is 16.7 Å². The number of likely N-dealkylation sites (N-methyl/N-ethyl adjacent to an activating group) is 1. The fraction of sp³-hybridized carbons (Fsp3) is 0.393. The maximum atomic E-state index is 12.3. The van der Waals surface area contributed by atoms with E-state index in [0.29, 0.717) is 17.9 Å². The third-order valence-electron chi connectivity index (χ3n) is 5.55. The second-order valence-corrected chi connectivity index (χ2v) is 9.82. The molecule has 3 aromatic rings. The average Bonchev–Trinajstić information content (AvgIpc) is 3.47. The molecule has 1 atom stereocenters. The van der Waals surface area contributed by atoms with Gasteiger partial charge >= 0.3 is 0 Å². The average molecular weight is 491 g/mol. The lowest BCUT2D eigenvalue weighted by molar-refractivity contribution is -0.122. The topological polar surface area (TPSA) is 78.2 Å². The molecule has 0 fully saturated rings. The van der Waals surface area contributed by atoms with Crippen LogP contribution < -0.4 is 10.1 Å². The Kier molecular flexibility index (Phi) is 9.02. The molecule has 7 heteroatoms. The standard InChI is InChI=1S/C26H28N4O2S.C2H6/c1-16(2)32-23-11-8-17(12-18(23)13-27)26-28-14-24(33-26)21-7-5-6-20-19(21)9-10-22(20)29-25(31)15-30(3)4;1-2/h5-8,11-12,14,16,22H,9-10,15H2,1-4H3,(H,29,31);1-2H3. The van der Waals surface area contributed by atoms with Crippen LogP contribution in [-0.2, 0) is 11.2 Å². The van der Waals surface area contributed by atoms with Crippen LogP contribution in [0.25, 0.3) is 21.0 Å². The summed E-state index contributed by atoms with van der Waals surface area (Å²) < 4.78 is 5.74. The third-order valence-corrected chi connectivity index (χ3v) is 6.63. The van der Waals surface area contributed by atoms with Crippen LogP contribution in [0.3, 0.4) is 0 Å². The van der Waals surface area contributed by atoms with Gasteiger partial charge in [0.25, 0.3) is 0 Å². The van der Waals surface area contributed by atoms with Gasteiger partial charge in [-0.05, 0) is 75.7 Å². The van der Waals surface area contributed by atoms with Crippen molar-refractivity contribution in [1.29, 1.82) is 5.26 Å². The van der Waals surface area contributed by atoms with Gasteiger partial charge in [0.1, 0.15) is 16.8 Å². The lowest BCUT2D eigenvalue weighted by Gasteiger charge is -2.16. The number of fused-ring (bicyclic) bond motifs is 1. The zero-order valence-electron chi connectivity index (χ0n) is 21.4. The van der Waals surface area contributed by atoms with Crippen molar-refractivity contribution < 1.29 is 9.53 Å². The van der Waals surface area contributed by atoms with Crippen molar-refractivity contribution in [2.45, 2.75) is 52.7 Å². The van der Waals surface area contributed by atoms with Gasteiger partial charge in [0.05, 0.1) is 29.1 Å². The zero-order chi connectivity index (χ0) is 25.5. The second kappa shape index (κ2) is 12.0. The van der Waals surface area contributed by atoms with Crippen LogP contribution in [0.15, 0.2) is 42.6 Å². The van der Waals surface area contributed by atoms with Crippen molar-refractivity contribution in [3.05, 3.63) is 59.3 Å². The van der Waals surface area contributed by atoms with Gasteiger partial charge in [-0.2, -0.15) is 5.26 Å². The molecule has 1 aromatic heterocycles. The molecule has 0 spiro atoms. The highest BCUT2D eigenvalue weighted by Crippen LogP contribution is 2.41. The van der Waals surface area contributed by atoms with E-state index in [2.05, 4.69) is 34.6 Å². The molecule has 2 aromatic carbocycles. The van der Waals surface area contributed by atoms with Crippen molar-refractivity contribution in [3.8, 4) is 32.8 Å². The monoisotopic (exact) mass is 490 g/mol. The van der Waals surface area contributed by atoms with Crippen LogP contribution in [0.5, 0.6) is 5.75 Å². The summed E-state index contributed by atoms with van der Waals surface area (Å²) in [6.07, 6.45) is 3.73. The van der Waals surface area contributed by atoms with Gasteiger partial charge in [0, 0.05) is 11.8 Å². The van der Waals surface area contributed by atoms with E-state index in [9.17, 15) is 10.1 Å². The number of aromatic nitrogens is 1. The number of nitrogens with zero attached hydrogens (tertiary/aromatic N) is 3. The van der Waals surface area contributed by atoms with Crippen molar-refractivity contribution >= 4 is 17.2 Å². The van der Waals surface area contributed by atoms with Crippen LogP contribution in [-0.4, -0.2) is 42.5 Å². The van der Waals surface area contributed by atoms with Crippen LogP contribution >= 0.6 is 11.3 Å². The van der Waals surface area contributed by atoms with E-state index in [0.717, 1.165) is 28.3 Å². The van der Waals surface area contributed by atoms with Crippen molar-refractivity contribution in [3.63, 3.8) is 0 Å². The Morgan fingerprint density at radius 2 is 2.06 bits per heavy atom. The molecular formula is C28H34N4O2S. The van der Waals surface area contributed by atoms with Gasteiger partial charge in [0.15, 0.2) is 0 Å². The molecule has 0 aliphatic heterocycles. The molecule has 1 aliphatic carbocycles. The minimum atomic E-state index is 0.00563. The smallest absolute Gasteiger partial charge is 0.234 e. The third kappa shape index (κ3) is 6.27. The van der Waals surface area contributed by atoms with E-state index in [1.54, 1.807) is 11.3 Å². The first-order valence-electron chi connectivity index (χ1n) is 12.1. The van der Waals surface area contributed by atoms with E-state index >= 15 is 0 Å². The number of nitrogens with one attached hydrogen (secondary N) is 1. The van der Waals surface area contributed by atoms with Crippen LogP contribution in [0.4, 0.5) is 0 Å². The summed E-state index contributed by atoms with van der Waals surface area (Å²) in [6.45, 7) is 8.27. The lowest BCUT2D eigenvalue weighted by Crippen LogP contribution is -2.35. The summed E-state index contributed by atoms with van der Waals surface area (Å²) in [4.78, 5) is 19.9. The highest BCUT2D eigenvalue weighted by atomic mass is 32.1. The lowest BCUT2D eigenvalue weighted by atomic mass is 10.0. The van der Waals surface area contributed by atoms with Gasteiger partial charge in [0.2, 0.25) is 5.91 Å². The molecule has 4 rings (SSSR count). The first kappa shape index (κ1) is 26.4. The number of carbonyl (C=O) groups is 1. The normalized spacial score (nSPS) is 14.2. The van der Waals surface area contributed by atoms with Gasteiger partial charge in [-0.25, -0.2) is 4.98 Å². The fourth-order valence-electron chi connectivity index (χ4n) is 4.20. The molecule has 0 bridgehead atoms. The number of benzene rings is 2. The Bertz CT molecular complexity index is 1210. The van der Waals surface area contributed by atoms with Gasteiger partial charge in [-0.15, -0.1) is 11.3 Å². The number of ether oxygens (including phenoxy) is 1. The molecule has 184 valence electrons. The predicted octanol–water partition coefficient (Wildman–Crippen LogP) is 5.83. The summed E-state index contributed by atoms with van der Waals surface area (Å²) in [5.74, 6) is 0.637. The van der Waals surface area contributed by atoms with Crippen LogP contribution in [0, 0.1) is 11.3 Å². The Balaban J connectivity index is 0.00000167. The zero-order valence-corrected chi connectivity index (χ0v) is 22.2. The number of thiazole rings is 1. The summed E-state index contributed by atoms with van der Waals surface area (Å²) in [6, 6.07) is 14.2. The number of nitriles is 1. The number of rotatable bonds is 7. The molecule has 35 heavy (non-hydrogen) atoms. The number of hydrogen-bond donors (Lipinski definition) is 1. The summed E-state index contributed by atoms with van der Waals surface area (Å²) >= 11 is 1.61. The minimum absolute atomic E-state index is 0.00563. The highest BCUT2D eigenvalue weighted by Gasteiger charge is 2.27. The molecule has 1 N–H and O–H groups in total. The molecular weight excluding hydrogens is 456 g/mol. The number of carbonyl (C=O) groups excluding carboxylic acids is 1. The van der Waals surface area contributed by atoms with Gasteiger partial charge in [-0.3, -0.25) is 4.79 Å². The largest absolute Gasteiger partial charge is 0.490 e. The molecule has 6 nitrogen and oxygen atoms in total. The summed E-state index contributed by atoms with van der Waals surface area (Å²) in [5.41, 5.74) is 5.05. The number of amides is 1. The van der Waals surface area contributed by atoms with Crippen molar-refractivity contribution in [2.24, 2.45) is 0 Å². The van der Waals surface area contributed by atoms with E-state index in [1.807, 2.05) is 71.1 Å². The van der Waals surface area contributed by atoms with E-state index in [-0.39, 0.29) is 18.1 Å². The predicted molar refractivity (Wildman–Crippen MR) is 143 cm³/mol. The Hall–Kier alpha value is -3.21.